The molecule has 0 radical (unpaired) electrons. The predicted octanol–water partition coefficient (Wildman–Crippen LogP) is 5.15. The summed E-state index contributed by atoms with van der Waals surface area (Å²) in [6.45, 7) is 0.0516. The summed E-state index contributed by atoms with van der Waals surface area (Å²) in [5.41, 5.74) is 1.42. The van der Waals surface area contributed by atoms with E-state index in [2.05, 4.69) is 4.98 Å². The summed E-state index contributed by atoms with van der Waals surface area (Å²) in [5.74, 6) is -2.36. The third-order valence-electron chi connectivity index (χ3n) is 5.02. The molecular formula is C23H15Cl2FN2O3. The van der Waals surface area contributed by atoms with E-state index in [0.29, 0.717) is 16.1 Å². The number of hydrogen-bond acceptors (Lipinski definition) is 4. The summed E-state index contributed by atoms with van der Waals surface area (Å²) in [6, 6.07) is 12.5. The van der Waals surface area contributed by atoms with E-state index >= 15 is 0 Å². The molecule has 1 aliphatic rings. The van der Waals surface area contributed by atoms with Crippen molar-refractivity contribution in [3.63, 3.8) is 0 Å². The quantitative estimate of drug-likeness (QED) is 0.334. The van der Waals surface area contributed by atoms with Gasteiger partial charge in [-0.3, -0.25) is 14.6 Å². The molecule has 1 aromatic heterocycles. The Morgan fingerprint density at radius 3 is 2.32 bits per heavy atom. The summed E-state index contributed by atoms with van der Waals surface area (Å²) in [7, 11) is 0. The van der Waals surface area contributed by atoms with Crippen LogP contribution in [0.1, 0.15) is 22.7 Å². The van der Waals surface area contributed by atoms with E-state index in [4.69, 9.17) is 23.2 Å². The minimum Gasteiger partial charge on any atom is -0.507 e. The molecule has 1 aliphatic heterocycles. The molecule has 2 aromatic carbocycles. The van der Waals surface area contributed by atoms with Gasteiger partial charge in [0.05, 0.1) is 21.7 Å². The smallest absolute Gasteiger partial charge is 0.295 e. The number of halogens is 3. The second-order valence-electron chi connectivity index (χ2n) is 6.96. The van der Waals surface area contributed by atoms with Crippen molar-refractivity contribution < 1.29 is 19.1 Å². The van der Waals surface area contributed by atoms with Gasteiger partial charge in [0.2, 0.25) is 0 Å². The zero-order chi connectivity index (χ0) is 22.1. The molecule has 5 nitrogen and oxygen atoms in total. The number of rotatable bonds is 4. The number of ketones is 1. The fraction of sp³-hybridized carbons (Fsp3) is 0.0870. The van der Waals surface area contributed by atoms with Crippen LogP contribution in [-0.2, 0) is 16.1 Å². The lowest BCUT2D eigenvalue weighted by atomic mass is 9.96. The number of benzene rings is 2. The molecule has 1 atom stereocenters. The van der Waals surface area contributed by atoms with E-state index in [0.717, 1.165) is 0 Å². The zero-order valence-electron chi connectivity index (χ0n) is 15.9. The third-order valence-corrected chi connectivity index (χ3v) is 5.76. The highest BCUT2D eigenvalue weighted by molar-refractivity contribution is 6.46. The van der Waals surface area contributed by atoms with E-state index in [1.807, 2.05) is 0 Å². The molecule has 8 heteroatoms. The molecule has 3 aromatic rings. The van der Waals surface area contributed by atoms with Crippen molar-refractivity contribution in [2.24, 2.45) is 0 Å². The lowest BCUT2D eigenvalue weighted by Gasteiger charge is -2.25. The molecule has 156 valence electrons. The number of nitrogens with zero attached hydrogens (tertiary/aromatic N) is 2. The van der Waals surface area contributed by atoms with Crippen molar-refractivity contribution >= 4 is 40.7 Å². The summed E-state index contributed by atoms with van der Waals surface area (Å²) < 4.78 is 13.3. The molecule has 4 rings (SSSR count). The second kappa shape index (κ2) is 8.49. The minimum atomic E-state index is -0.859. The van der Waals surface area contributed by atoms with Gasteiger partial charge in [-0.25, -0.2) is 4.39 Å². The van der Waals surface area contributed by atoms with E-state index in [1.165, 1.54) is 59.8 Å². The van der Waals surface area contributed by atoms with Crippen molar-refractivity contribution in [2.45, 2.75) is 12.6 Å². The van der Waals surface area contributed by atoms with Gasteiger partial charge < -0.3 is 10.0 Å². The molecule has 1 saturated heterocycles. The fourth-order valence-corrected chi connectivity index (χ4v) is 3.82. The minimum absolute atomic E-state index is 0.0516. The average molecular weight is 457 g/mol. The highest BCUT2D eigenvalue weighted by Gasteiger charge is 2.46. The molecule has 0 saturated carbocycles. The van der Waals surface area contributed by atoms with Crippen LogP contribution >= 0.6 is 23.2 Å². The van der Waals surface area contributed by atoms with E-state index in [-0.39, 0.29) is 28.5 Å². The van der Waals surface area contributed by atoms with Crippen LogP contribution in [-0.4, -0.2) is 26.7 Å². The molecule has 31 heavy (non-hydrogen) atoms. The number of hydrogen-bond donors (Lipinski definition) is 1. The molecular weight excluding hydrogens is 442 g/mol. The normalized spacial score (nSPS) is 17.9. The molecule has 0 spiro atoms. The molecule has 1 N–H and O–H groups in total. The van der Waals surface area contributed by atoms with Gasteiger partial charge in [0.1, 0.15) is 11.6 Å². The Morgan fingerprint density at radius 2 is 1.68 bits per heavy atom. The standard InChI is InChI=1S/C23H15Cl2FN2O3/c24-17-6-3-15(11-18(17)25)21(29)19-20(14-7-9-27-10-8-14)28(23(31)22(19)30)12-13-1-4-16(26)5-2-13/h1-11,20,29H,12H2/b21-19-. The highest BCUT2D eigenvalue weighted by Crippen LogP contribution is 2.40. The molecule has 1 amide bonds. The molecule has 1 fully saturated rings. The maximum atomic E-state index is 13.3. The van der Waals surface area contributed by atoms with Crippen molar-refractivity contribution in [1.82, 2.24) is 9.88 Å². The maximum absolute atomic E-state index is 13.3. The number of aromatic nitrogens is 1. The summed E-state index contributed by atoms with van der Waals surface area (Å²) >= 11 is 12.0. The van der Waals surface area contributed by atoms with Crippen molar-refractivity contribution in [3.8, 4) is 0 Å². The van der Waals surface area contributed by atoms with Crippen LogP contribution in [0.4, 0.5) is 4.39 Å². The van der Waals surface area contributed by atoms with Crippen LogP contribution in [0.15, 0.2) is 72.6 Å². The summed E-state index contributed by atoms with van der Waals surface area (Å²) in [6.07, 6.45) is 3.07. The predicted molar refractivity (Wildman–Crippen MR) is 115 cm³/mol. The first-order valence-electron chi connectivity index (χ1n) is 9.25. The number of pyridine rings is 1. The first-order valence-corrected chi connectivity index (χ1v) is 10.0. The van der Waals surface area contributed by atoms with Crippen LogP contribution in [0.3, 0.4) is 0 Å². The van der Waals surface area contributed by atoms with Gasteiger partial charge in [0.15, 0.2) is 0 Å². The van der Waals surface area contributed by atoms with Gasteiger partial charge in [-0.1, -0.05) is 35.3 Å². The zero-order valence-corrected chi connectivity index (χ0v) is 17.4. The highest BCUT2D eigenvalue weighted by atomic mass is 35.5. The first kappa shape index (κ1) is 21.0. The van der Waals surface area contributed by atoms with Crippen molar-refractivity contribution in [1.29, 1.82) is 0 Å². The molecule has 0 bridgehead atoms. The SMILES string of the molecule is O=C1C(=O)N(Cc2ccc(F)cc2)C(c2ccncc2)/C1=C(/O)c1ccc(Cl)c(Cl)c1. The fourth-order valence-electron chi connectivity index (χ4n) is 3.52. The van der Waals surface area contributed by atoms with Gasteiger partial charge in [0, 0.05) is 24.5 Å². The largest absolute Gasteiger partial charge is 0.507 e. The molecule has 0 aliphatic carbocycles. The van der Waals surface area contributed by atoms with E-state index in [1.54, 1.807) is 12.1 Å². The monoisotopic (exact) mass is 456 g/mol. The summed E-state index contributed by atoms with van der Waals surface area (Å²) in [5, 5.41) is 11.5. The lowest BCUT2D eigenvalue weighted by Crippen LogP contribution is -2.29. The molecule has 2 heterocycles. The number of aliphatic hydroxyl groups excluding tert-OH is 1. The number of aliphatic hydroxyl groups is 1. The van der Waals surface area contributed by atoms with Gasteiger partial charge in [-0.15, -0.1) is 0 Å². The van der Waals surface area contributed by atoms with Crippen LogP contribution in [0.2, 0.25) is 10.0 Å². The van der Waals surface area contributed by atoms with Gasteiger partial charge in [-0.05, 0) is 53.6 Å². The Bertz CT molecular complexity index is 1200. The van der Waals surface area contributed by atoms with Gasteiger partial charge in [0.25, 0.3) is 11.7 Å². The Balaban J connectivity index is 1.85. The Labute approximate surface area is 187 Å². The number of carbonyl (C=O) groups excluding carboxylic acids is 2. The van der Waals surface area contributed by atoms with Crippen molar-refractivity contribution in [2.75, 3.05) is 0 Å². The Hall–Kier alpha value is -3.22. The number of likely N-dealkylation sites (tertiary alicyclic amines) is 1. The summed E-state index contributed by atoms with van der Waals surface area (Å²) in [4.78, 5) is 31.2. The van der Waals surface area contributed by atoms with Gasteiger partial charge >= 0.3 is 0 Å². The van der Waals surface area contributed by atoms with Crippen LogP contribution in [0.5, 0.6) is 0 Å². The van der Waals surface area contributed by atoms with Gasteiger partial charge in [-0.2, -0.15) is 0 Å². The average Bonchev–Trinajstić information content (AvgIpc) is 3.02. The third kappa shape index (κ3) is 4.04. The van der Waals surface area contributed by atoms with Crippen LogP contribution in [0.25, 0.3) is 5.76 Å². The molecule has 1 unspecified atom stereocenters. The maximum Gasteiger partial charge on any atom is 0.295 e. The second-order valence-corrected chi connectivity index (χ2v) is 7.78. The van der Waals surface area contributed by atoms with Crippen LogP contribution in [0, 0.1) is 5.82 Å². The Kier molecular flexibility index (Phi) is 5.76. The lowest BCUT2D eigenvalue weighted by molar-refractivity contribution is -0.140. The topological polar surface area (TPSA) is 70.5 Å². The van der Waals surface area contributed by atoms with E-state index < -0.39 is 23.5 Å². The first-order chi connectivity index (χ1) is 14.9. The number of carbonyl (C=O) groups is 2. The van der Waals surface area contributed by atoms with Crippen molar-refractivity contribution in [3.05, 3.63) is 105 Å². The van der Waals surface area contributed by atoms with E-state index in [9.17, 15) is 19.1 Å². The number of Topliss-reactive ketones (excluding diaryl/α,β-unsaturated/α-hetero) is 1. The number of amides is 1. The van der Waals surface area contributed by atoms with Crippen LogP contribution < -0.4 is 0 Å². The Morgan fingerprint density at radius 1 is 1.00 bits per heavy atom.